The lowest BCUT2D eigenvalue weighted by molar-refractivity contribution is -0.161. The fourth-order valence-electron chi connectivity index (χ4n) is 12.4. The standard InChI is InChI=1S/C80H156O17P2/c1-6-9-12-15-18-21-23-25-31-36-39-44-49-54-59-64-78(83)91-70-76(97-80(85)66-61-56-51-46-41-37-33-30-28-27-29-32-34-38-43-47-52-57-62-73(4)5)72-95-99(88,89)93-68-74(81)67-92-98(86,87)94-71-75(69-90-77(82)63-58-53-48-42-20-17-14-11-8-3)96-79(84)65-60-55-50-45-40-35-26-24-22-19-16-13-10-7-2/h73-76,81H,6-72H2,1-5H3,(H,86,87)(H,88,89)/t74-,75+,76+/m0/s1. The summed E-state index contributed by atoms with van der Waals surface area (Å²) in [6, 6.07) is 0. The second kappa shape index (κ2) is 73.0. The van der Waals surface area contributed by atoms with Crippen LogP contribution in [0.3, 0.4) is 0 Å². The predicted molar refractivity (Wildman–Crippen MR) is 405 cm³/mol. The molecular weight excluding hydrogens is 1290 g/mol. The molecule has 0 radical (unpaired) electrons. The van der Waals surface area contributed by atoms with Crippen molar-refractivity contribution in [3.8, 4) is 0 Å². The molecule has 0 aromatic heterocycles. The Hall–Kier alpha value is -1.94. The summed E-state index contributed by atoms with van der Waals surface area (Å²) in [5.74, 6) is -1.29. The lowest BCUT2D eigenvalue weighted by atomic mass is 10.0. The molecule has 0 aliphatic heterocycles. The van der Waals surface area contributed by atoms with E-state index in [-0.39, 0.29) is 25.7 Å². The molecule has 0 aliphatic carbocycles. The van der Waals surface area contributed by atoms with Crippen LogP contribution in [0.1, 0.15) is 426 Å². The van der Waals surface area contributed by atoms with Crippen LogP contribution in [-0.2, 0) is 65.4 Å². The van der Waals surface area contributed by atoms with Crippen molar-refractivity contribution in [2.24, 2.45) is 5.92 Å². The first-order chi connectivity index (χ1) is 48.0. The molecule has 0 amide bonds. The monoisotopic (exact) mass is 1450 g/mol. The topological polar surface area (TPSA) is 237 Å². The van der Waals surface area contributed by atoms with Gasteiger partial charge < -0.3 is 33.8 Å². The number of aliphatic hydroxyl groups is 1. The molecule has 5 atom stereocenters. The van der Waals surface area contributed by atoms with Crippen molar-refractivity contribution in [2.75, 3.05) is 39.6 Å². The van der Waals surface area contributed by atoms with E-state index in [1.54, 1.807) is 0 Å². The molecule has 2 unspecified atom stereocenters. The van der Waals surface area contributed by atoms with E-state index in [0.717, 1.165) is 95.8 Å². The van der Waals surface area contributed by atoms with Crippen LogP contribution in [0.15, 0.2) is 0 Å². The van der Waals surface area contributed by atoms with E-state index in [1.165, 1.54) is 250 Å². The Morgan fingerprint density at radius 3 is 0.687 bits per heavy atom. The molecule has 0 rings (SSSR count). The number of phosphoric ester groups is 2. The van der Waals surface area contributed by atoms with Gasteiger partial charge in [0.25, 0.3) is 0 Å². The van der Waals surface area contributed by atoms with Crippen molar-refractivity contribution in [1.82, 2.24) is 0 Å². The molecule has 0 fully saturated rings. The Bertz CT molecular complexity index is 1890. The van der Waals surface area contributed by atoms with Crippen LogP contribution in [0, 0.1) is 5.92 Å². The van der Waals surface area contributed by atoms with Crippen LogP contribution in [0.4, 0.5) is 0 Å². The van der Waals surface area contributed by atoms with Gasteiger partial charge in [-0.1, -0.05) is 375 Å². The zero-order valence-corrected chi connectivity index (χ0v) is 66.4. The van der Waals surface area contributed by atoms with Gasteiger partial charge in [0, 0.05) is 25.7 Å². The zero-order chi connectivity index (χ0) is 72.7. The van der Waals surface area contributed by atoms with E-state index in [4.69, 9.17) is 37.0 Å². The van der Waals surface area contributed by atoms with E-state index in [9.17, 15) is 43.2 Å². The van der Waals surface area contributed by atoms with Crippen LogP contribution in [0.5, 0.6) is 0 Å². The molecular formula is C80H156O17P2. The zero-order valence-electron chi connectivity index (χ0n) is 64.6. The number of ether oxygens (including phenoxy) is 4. The Kier molecular flexibility index (Phi) is 71.6. The van der Waals surface area contributed by atoms with Crippen LogP contribution in [-0.4, -0.2) is 96.7 Å². The minimum Gasteiger partial charge on any atom is -0.462 e. The van der Waals surface area contributed by atoms with Crippen molar-refractivity contribution >= 4 is 39.5 Å². The van der Waals surface area contributed by atoms with Gasteiger partial charge in [0.2, 0.25) is 0 Å². The second-order valence-corrected chi connectivity index (χ2v) is 32.2. The number of hydrogen-bond acceptors (Lipinski definition) is 15. The number of esters is 4. The highest BCUT2D eigenvalue weighted by atomic mass is 31.2. The normalized spacial score (nSPS) is 13.9. The smallest absolute Gasteiger partial charge is 0.462 e. The number of hydrogen-bond donors (Lipinski definition) is 3. The third kappa shape index (κ3) is 74.1. The fourth-order valence-corrected chi connectivity index (χ4v) is 14.0. The Morgan fingerprint density at radius 2 is 0.465 bits per heavy atom. The molecule has 17 nitrogen and oxygen atoms in total. The van der Waals surface area contributed by atoms with Crippen LogP contribution in [0.2, 0.25) is 0 Å². The molecule has 3 N–H and O–H groups in total. The highest BCUT2D eigenvalue weighted by Gasteiger charge is 2.30. The lowest BCUT2D eigenvalue weighted by Crippen LogP contribution is -2.30. The Morgan fingerprint density at radius 1 is 0.273 bits per heavy atom. The summed E-state index contributed by atoms with van der Waals surface area (Å²) >= 11 is 0. The maximum atomic E-state index is 13.1. The highest BCUT2D eigenvalue weighted by molar-refractivity contribution is 7.47. The summed E-state index contributed by atoms with van der Waals surface area (Å²) in [5.41, 5.74) is 0. The maximum Gasteiger partial charge on any atom is 0.472 e. The average Bonchev–Trinajstić information content (AvgIpc) is 1.35. The van der Waals surface area contributed by atoms with Crippen LogP contribution in [0.25, 0.3) is 0 Å². The first kappa shape index (κ1) is 97.1. The lowest BCUT2D eigenvalue weighted by Gasteiger charge is -2.21. The summed E-state index contributed by atoms with van der Waals surface area (Å²) < 4.78 is 68.6. The third-order valence-electron chi connectivity index (χ3n) is 18.8. The highest BCUT2D eigenvalue weighted by Crippen LogP contribution is 2.45. The van der Waals surface area contributed by atoms with E-state index in [1.807, 2.05) is 0 Å². The summed E-state index contributed by atoms with van der Waals surface area (Å²) in [6.07, 6.45) is 63.8. The maximum absolute atomic E-state index is 13.1. The second-order valence-electron chi connectivity index (χ2n) is 29.3. The van der Waals surface area contributed by atoms with E-state index >= 15 is 0 Å². The van der Waals surface area contributed by atoms with Gasteiger partial charge in [-0.25, -0.2) is 9.13 Å². The summed E-state index contributed by atoms with van der Waals surface area (Å²) in [6.45, 7) is 7.35. The molecule has 0 saturated carbocycles. The van der Waals surface area contributed by atoms with E-state index < -0.39 is 97.5 Å². The van der Waals surface area contributed by atoms with Gasteiger partial charge in [0.1, 0.15) is 19.3 Å². The van der Waals surface area contributed by atoms with Gasteiger partial charge in [0.15, 0.2) is 12.2 Å². The van der Waals surface area contributed by atoms with Gasteiger partial charge in [-0.2, -0.15) is 0 Å². The number of aliphatic hydroxyl groups excluding tert-OH is 1. The number of carbonyl (C=O) groups excluding carboxylic acids is 4. The molecule has 0 aromatic carbocycles. The Labute approximate surface area is 607 Å². The molecule has 0 aromatic rings. The molecule has 99 heavy (non-hydrogen) atoms. The molecule has 0 bridgehead atoms. The first-order valence-corrected chi connectivity index (χ1v) is 44.6. The molecule has 0 aliphatic rings. The van der Waals surface area contributed by atoms with Gasteiger partial charge in [-0.3, -0.25) is 37.3 Å². The fraction of sp³-hybridized carbons (Fsp3) is 0.950. The molecule has 19 heteroatoms. The van der Waals surface area contributed by atoms with Crippen molar-refractivity contribution < 1.29 is 80.2 Å². The molecule has 0 saturated heterocycles. The van der Waals surface area contributed by atoms with Gasteiger partial charge >= 0.3 is 39.5 Å². The van der Waals surface area contributed by atoms with E-state index in [2.05, 4.69) is 34.6 Å². The van der Waals surface area contributed by atoms with Crippen LogP contribution >= 0.6 is 15.6 Å². The summed E-state index contributed by atoms with van der Waals surface area (Å²) in [4.78, 5) is 72.9. The first-order valence-electron chi connectivity index (χ1n) is 41.6. The third-order valence-corrected chi connectivity index (χ3v) is 20.7. The minimum atomic E-state index is -4.96. The largest absolute Gasteiger partial charge is 0.472 e. The average molecular weight is 1450 g/mol. The van der Waals surface area contributed by atoms with Gasteiger partial charge in [-0.15, -0.1) is 0 Å². The molecule has 588 valence electrons. The quantitative estimate of drug-likeness (QED) is 0.0222. The summed E-state index contributed by atoms with van der Waals surface area (Å²) in [7, 11) is -9.91. The van der Waals surface area contributed by atoms with Crippen molar-refractivity contribution in [3.63, 3.8) is 0 Å². The molecule has 0 spiro atoms. The van der Waals surface area contributed by atoms with Crippen molar-refractivity contribution in [3.05, 3.63) is 0 Å². The Balaban J connectivity index is 5.20. The number of unbranched alkanes of at least 4 members (excludes halogenated alkanes) is 52. The SMILES string of the molecule is CCCCCCCCCCCCCCCCCC(=O)OC[C@H](COP(=O)(O)OC[C@@H](O)COP(=O)(O)OC[C@@H](COC(=O)CCCCCCCCCCC)OC(=O)CCCCCCCCCCCCCCCC)OC(=O)CCCCCCCCCCCCCCCCCCCCC(C)C. The summed E-state index contributed by atoms with van der Waals surface area (Å²) in [5, 5.41) is 10.6. The number of phosphoric acid groups is 2. The molecule has 0 heterocycles. The predicted octanol–water partition coefficient (Wildman–Crippen LogP) is 24.0. The minimum absolute atomic E-state index is 0.108. The van der Waals surface area contributed by atoms with E-state index in [0.29, 0.717) is 25.7 Å². The van der Waals surface area contributed by atoms with Gasteiger partial charge in [-0.05, 0) is 31.6 Å². The van der Waals surface area contributed by atoms with Crippen LogP contribution < -0.4 is 0 Å². The van der Waals surface area contributed by atoms with Gasteiger partial charge in [0.05, 0.1) is 26.4 Å². The number of carbonyl (C=O) groups is 4. The van der Waals surface area contributed by atoms with Crippen molar-refractivity contribution in [1.29, 1.82) is 0 Å². The van der Waals surface area contributed by atoms with Crippen molar-refractivity contribution in [2.45, 2.75) is 445 Å². The number of rotatable bonds is 80.